The van der Waals surface area contributed by atoms with Gasteiger partial charge in [0.1, 0.15) is 11.5 Å². The van der Waals surface area contributed by atoms with Gasteiger partial charge in [0.2, 0.25) is 0 Å². The van der Waals surface area contributed by atoms with Crippen molar-refractivity contribution in [2.45, 2.75) is 43.5 Å². The summed E-state index contributed by atoms with van der Waals surface area (Å²) in [6, 6.07) is 6.04. The van der Waals surface area contributed by atoms with Crippen LogP contribution < -0.4 is 4.74 Å². The molecule has 1 aromatic carbocycles. The minimum absolute atomic E-state index is 0.0179. The van der Waals surface area contributed by atoms with Gasteiger partial charge in [-0.2, -0.15) is 0 Å². The summed E-state index contributed by atoms with van der Waals surface area (Å²) in [6.07, 6.45) is 3.44. The van der Waals surface area contributed by atoms with Crippen molar-refractivity contribution in [1.29, 1.82) is 0 Å². The topological polar surface area (TPSA) is 63.6 Å². The van der Waals surface area contributed by atoms with Crippen LogP contribution in [0.5, 0.6) is 5.75 Å². The zero-order chi connectivity index (χ0) is 17.1. The lowest BCUT2D eigenvalue weighted by Crippen LogP contribution is -2.55. The maximum atomic E-state index is 13.1. The highest BCUT2D eigenvalue weighted by molar-refractivity contribution is 7.85. The van der Waals surface area contributed by atoms with Gasteiger partial charge in [-0.3, -0.25) is 9.00 Å². The van der Waals surface area contributed by atoms with E-state index in [0.29, 0.717) is 0 Å². The number of aliphatic hydroxyl groups is 1. The number of carbonyl (C=O) groups excluding carboxylic acids is 1. The standard InChI is InChI=1S/C19H24O4S/c1-11(20)16-7-8-17-15-5-3-12-9-13(23-2)4-6-14(12)18(15)24(22)10-19(16,17)21/h4,6,9,15-18,21H,3,5,7-8,10H2,1-2H3/t15-,16-,17-,18+,19-,24?/m0/s1. The molecule has 4 nitrogen and oxygen atoms in total. The van der Waals surface area contributed by atoms with E-state index in [1.165, 1.54) is 5.56 Å². The van der Waals surface area contributed by atoms with Crippen LogP contribution in [-0.2, 0) is 22.0 Å². The Bertz CT molecular complexity index is 715. The summed E-state index contributed by atoms with van der Waals surface area (Å²) < 4.78 is 18.4. The molecule has 0 radical (unpaired) electrons. The summed E-state index contributed by atoms with van der Waals surface area (Å²) in [7, 11) is 0.502. The van der Waals surface area contributed by atoms with Crippen molar-refractivity contribution in [3.05, 3.63) is 29.3 Å². The second kappa shape index (κ2) is 5.67. The predicted molar refractivity (Wildman–Crippen MR) is 92.4 cm³/mol. The highest BCUT2D eigenvalue weighted by Gasteiger charge is 2.60. The number of methoxy groups -OCH3 is 1. The summed E-state index contributed by atoms with van der Waals surface area (Å²) in [4.78, 5) is 12.0. The quantitative estimate of drug-likeness (QED) is 0.891. The normalized spacial score (nSPS) is 40.4. The van der Waals surface area contributed by atoms with E-state index in [1.807, 2.05) is 12.1 Å². The molecule has 0 aromatic heterocycles. The minimum atomic E-state index is -1.16. The molecule has 1 heterocycles. The van der Waals surface area contributed by atoms with E-state index < -0.39 is 16.4 Å². The fourth-order valence-electron chi connectivity index (χ4n) is 5.43. The number of hydrogen-bond acceptors (Lipinski definition) is 4. The molecule has 130 valence electrons. The van der Waals surface area contributed by atoms with Gasteiger partial charge in [0.15, 0.2) is 0 Å². The summed E-state index contributed by atoms with van der Waals surface area (Å²) in [5.74, 6) is 1.05. The Balaban J connectivity index is 1.73. The fraction of sp³-hybridized carbons (Fsp3) is 0.632. The van der Waals surface area contributed by atoms with Gasteiger partial charge in [0.05, 0.1) is 23.7 Å². The van der Waals surface area contributed by atoms with Crippen LogP contribution in [-0.4, -0.2) is 33.6 Å². The van der Waals surface area contributed by atoms with E-state index in [2.05, 4.69) is 6.07 Å². The van der Waals surface area contributed by atoms with E-state index in [9.17, 15) is 14.1 Å². The molecular formula is C19H24O4S. The number of ether oxygens (including phenoxy) is 1. The molecule has 2 aliphatic carbocycles. The summed E-state index contributed by atoms with van der Waals surface area (Å²) >= 11 is 0. The molecule has 1 saturated carbocycles. The zero-order valence-corrected chi connectivity index (χ0v) is 15.0. The lowest BCUT2D eigenvalue weighted by molar-refractivity contribution is -0.130. The van der Waals surface area contributed by atoms with E-state index in [-0.39, 0.29) is 34.5 Å². The molecule has 1 N–H and O–H groups in total. The third-order valence-corrected chi connectivity index (χ3v) is 8.39. The highest BCUT2D eigenvalue weighted by Crippen LogP contribution is 2.57. The molecule has 4 rings (SSSR count). The van der Waals surface area contributed by atoms with Crippen molar-refractivity contribution in [3.63, 3.8) is 0 Å². The van der Waals surface area contributed by atoms with Crippen molar-refractivity contribution in [2.24, 2.45) is 17.8 Å². The van der Waals surface area contributed by atoms with Crippen LogP contribution in [0.1, 0.15) is 42.6 Å². The first-order valence-corrected chi connectivity index (χ1v) is 10.1. The number of Topliss-reactive ketones (excluding diaryl/α,β-unsaturated/α-hetero) is 1. The van der Waals surface area contributed by atoms with Gasteiger partial charge >= 0.3 is 0 Å². The van der Waals surface area contributed by atoms with Gasteiger partial charge in [-0.05, 0) is 67.7 Å². The number of carbonyl (C=O) groups is 1. The Hall–Kier alpha value is -1.20. The molecule has 24 heavy (non-hydrogen) atoms. The first kappa shape index (κ1) is 16.3. The van der Waals surface area contributed by atoms with E-state index in [0.717, 1.165) is 37.0 Å². The maximum absolute atomic E-state index is 13.1. The van der Waals surface area contributed by atoms with Gasteiger partial charge in [0, 0.05) is 16.7 Å². The molecule has 1 aliphatic heterocycles. The molecule has 0 bridgehead atoms. The van der Waals surface area contributed by atoms with Gasteiger partial charge < -0.3 is 9.84 Å². The Kier molecular flexibility index (Phi) is 3.84. The van der Waals surface area contributed by atoms with Crippen molar-refractivity contribution >= 4 is 16.6 Å². The van der Waals surface area contributed by atoms with Crippen LogP contribution in [0.3, 0.4) is 0 Å². The zero-order valence-electron chi connectivity index (χ0n) is 14.2. The van der Waals surface area contributed by atoms with Crippen molar-refractivity contribution < 1.29 is 18.8 Å². The van der Waals surface area contributed by atoms with Gasteiger partial charge in [-0.25, -0.2) is 0 Å². The van der Waals surface area contributed by atoms with E-state index >= 15 is 0 Å². The van der Waals surface area contributed by atoms with Crippen molar-refractivity contribution in [3.8, 4) is 5.75 Å². The second-order valence-electron chi connectivity index (χ2n) is 7.55. The van der Waals surface area contributed by atoms with Crippen molar-refractivity contribution in [2.75, 3.05) is 12.9 Å². The largest absolute Gasteiger partial charge is 0.497 e. The first-order chi connectivity index (χ1) is 11.5. The molecule has 1 aromatic rings. The lowest BCUT2D eigenvalue weighted by atomic mass is 9.69. The van der Waals surface area contributed by atoms with E-state index in [1.54, 1.807) is 14.0 Å². The van der Waals surface area contributed by atoms with Crippen LogP contribution in [0.25, 0.3) is 0 Å². The Morgan fingerprint density at radius 3 is 2.83 bits per heavy atom. The number of fused-ring (bicyclic) bond motifs is 5. The lowest BCUT2D eigenvalue weighted by Gasteiger charge is -2.48. The minimum Gasteiger partial charge on any atom is -0.497 e. The molecule has 6 atom stereocenters. The van der Waals surface area contributed by atoms with Crippen LogP contribution in [0.4, 0.5) is 0 Å². The molecule has 5 heteroatoms. The van der Waals surface area contributed by atoms with Gasteiger partial charge in [-0.15, -0.1) is 0 Å². The number of rotatable bonds is 2. The highest BCUT2D eigenvalue weighted by atomic mass is 32.2. The molecule has 0 amide bonds. The van der Waals surface area contributed by atoms with Crippen LogP contribution in [0.15, 0.2) is 18.2 Å². The smallest absolute Gasteiger partial charge is 0.135 e. The average molecular weight is 348 g/mol. The molecule has 3 aliphatic rings. The average Bonchev–Trinajstić information content (AvgIpc) is 2.90. The first-order valence-electron chi connectivity index (χ1n) is 8.72. The van der Waals surface area contributed by atoms with Crippen molar-refractivity contribution in [1.82, 2.24) is 0 Å². The predicted octanol–water partition coefficient (Wildman–Crippen LogP) is 2.41. The monoisotopic (exact) mass is 348 g/mol. The Morgan fingerprint density at radius 2 is 2.12 bits per heavy atom. The Morgan fingerprint density at radius 1 is 1.33 bits per heavy atom. The number of benzene rings is 1. The van der Waals surface area contributed by atoms with Crippen LogP contribution in [0, 0.1) is 17.8 Å². The number of aryl methyl sites for hydroxylation is 1. The number of ketones is 1. The number of hydrogen-bond donors (Lipinski definition) is 1. The summed E-state index contributed by atoms with van der Waals surface area (Å²) in [5.41, 5.74) is 1.30. The molecule has 1 unspecified atom stereocenters. The van der Waals surface area contributed by atoms with Gasteiger partial charge in [-0.1, -0.05) is 6.07 Å². The van der Waals surface area contributed by atoms with Gasteiger partial charge in [0.25, 0.3) is 0 Å². The van der Waals surface area contributed by atoms with Crippen LogP contribution in [0.2, 0.25) is 0 Å². The summed E-state index contributed by atoms with van der Waals surface area (Å²) in [5, 5.41) is 11.2. The summed E-state index contributed by atoms with van der Waals surface area (Å²) in [6.45, 7) is 1.56. The SMILES string of the molecule is COc1ccc2c(c1)CC[C@@H]1[C@@H]2S(=O)C[C@]2(O)[C@H](C(C)=O)CC[C@@H]12. The maximum Gasteiger partial charge on any atom is 0.135 e. The molecular weight excluding hydrogens is 324 g/mol. The third kappa shape index (κ3) is 2.21. The molecule has 2 fully saturated rings. The molecule has 1 saturated heterocycles. The Labute approximate surface area is 145 Å². The fourth-order valence-corrected chi connectivity index (χ4v) is 7.71. The van der Waals surface area contributed by atoms with E-state index in [4.69, 9.17) is 4.74 Å². The third-order valence-electron chi connectivity index (χ3n) is 6.47. The van der Waals surface area contributed by atoms with Crippen LogP contribution >= 0.6 is 0 Å². The second-order valence-corrected chi connectivity index (χ2v) is 9.11. The molecule has 0 spiro atoms.